The zero-order valence-electron chi connectivity index (χ0n) is 24.8. The Morgan fingerprint density at radius 3 is 2.00 bits per heavy atom. The van der Waals surface area contributed by atoms with Crippen molar-refractivity contribution in [1.29, 1.82) is 0 Å². The average molecular weight is 567 g/mol. The number of esters is 1. The second-order valence-corrected chi connectivity index (χ2v) is 12.5. The predicted molar refractivity (Wildman–Crippen MR) is 175 cm³/mol. The first-order valence-corrected chi connectivity index (χ1v) is 16.5. The van der Waals surface area contributed by atoms with E-state index in [1.807, 2.05) is 32.1 Å². The molecule has 1 unspecified atom stereocenters. The van der Waals surface area contributed by atoms with Gasteiger partial charge in [0, 0.05) is 10.5 Å². The molecule has 0 fully saturated rings. The SMILES string of the molecule is CCCCCCCCCCc1ccc(C(=S)Sc2ccc(C=C(C)C(=O)OC(C)CCCCCC)cc2)cc1. The Hall–Kier alpha value is -1.91. The van der Waals surface area contributed by atoms with Crippen molar-refractivity contribution in [3.63, 3.8) is 0 Å². The van der Waals surface area contributed by atoms with Crippen LogP contribution < -0.4 is 0 Å². The predicted octanol–water partition coefficient (Wildman–Crippen LogP) is 11.1. The van der Waals surface area contributed by atoms with Crippen molar-refractivity contribution >= 4 is 40.2 Å². The Morgan fingerprint density at radius 1 is 0.821 bits per heavy atom. The van der Waals surface area contributed by atoms with E-state index in [-0.39, 0.29) is 12.1 Å². The molecule has 2 rings (SSSR count). The Balaban J connectivity index is 1.75. The summed E-state index contributed by atoms with van der Waals surface area (Å²) in [5, 5.41) is 0. The first-order chi connectivity index (χ1) is 18.9. The summed E-state index contributed by atoms with van der Waals surface area (Å²) < 4.78 is 6.50. The molecule has 0 spiro atoms. The average Bonchev–Trinajstić information content (AvgIpc) is 2.94. The lowest BCUT2D eigenvalue weighted by molar-refractivity contribution is -0.143. The molecule has 0 saturated heterocycles. The van der Waals surface area contributed by atoms with E-state index in [0.717, 1.165) is 39.5 Å². The molecule has 2 aromatic rings. The molecule has 0 radical (unpaired) electrons. The van der Waals surface area contributed by atoms with Crippen LogP contribution in [0.5, 0.6) is 0 Å². The van der Waals surface area contributed by atoms with Crippen LogP contribution in [0.2, 0.25) is 0 Å². The van der Waals surface area contributed by atoms with Gasteiger partial charge in [-0.15, -0.1) is 0 Å². The number of thioether (sulfide) groups is 1. The molecule has 0 aromatic heterocycles. The largest absolute Gasteiger partial charge is 0.459 e. The molecule has 39 heavy (non-hydrogen) atoms. The van der Waals surface area contributed by atoms with E-state index in [4.69, 9.17) is 17.0 Å². The third-order valence-electron chi connectivity index (χ3n) is 7.08. The van der Waals surface area contributed by atoms with E-state index in [9.17, 15) is 4.79 Å². The van der Waals surface area contributed by atoms with Crippen LogP contribution in [0.3, 0.4) is 0 Å². The molecule has 0 saturated carbocycles. The molecule has 1 atom stereocenters. The molecule has 0 N–H and O–H groups in total. The molecule has 0 aliphatic heterocycles. The Morgan fingerprint density at radius 2 is 1.38 bits per heavy atom. The van der Waals surface area contributed by atoms with Gasteiger partial charge < -0.3 is 4.74 Å². The van der Waals surface area contributed by atoms with Crippen LogP contribution >= 0.6 is 24.0 Å². The zero-order valence-corrected chi connectivity index (χ0v) is 26.4. The third kappa shape index (κ3) is 14.3. The molecule has 2 aromatic carbocycles. The van der Waals surface area contributed by atoms with Crippen molar-refractivity contribution in [2.45, 2.75) is 129 Å². The van der Waals surface area contributed by atoms with E-state index < -0.39 is 0 Å². The van der Waals surface area contributed by atoms with Gasteiger partial charge in [0.05, 0.1) is 10.3 Å². The molecule has 0 heterocycles. The molecule has 2 nitrogen and oxygen atoms in total. The highest BCUT2D eigenvalue weighted by atomic mass is 32.2. The number of hydrogen-bond acceptors (Lipinski definition) is 4. The summed E-state index contributed by atoms with van der Waals surface area (Å²) in [5.41, 5.74) is 4.11. The summed E-state index contributed by atoms with van der Waals surface area (Å²) in [6.07, 6.45) is 19.5. The second-order valence-electron chi connectivity index (χ2n) is 10.8. The van der Waals surface area contributed by atoms with Gasteiger partial charge in [-0.25, -0.2) is 4.79 Å². The molecule has 0 aliphatic rings. The minimum Gasteiger partial charge on any atom is -0.459 e. The van der Waals surface area contributed by atoms with Gasteiger partial charge in [0.1, 0.15) is 0 Å². The van der Waals surface area contributed by atoms with Crippen LogP contribution in [0, 0.1) is 0 Å². The summed E-state index contributed by atoms with van der Waals surface area (Å²) in [4.78, 5) is 13.6. The summed E-state index contributed by atoms with van der Waals surface area (Å²) in [6.45, 7) is 8.28. The number of hydrogen-bond donors (Lipinski definition) is 0. The summed E-state index contributed by atoms with van der Waals surface area (Å²) in [5.74, 6) is -0.233. The fourth-order valence-corrected chi connectivity index (χ4v) is 5.74. The molecular weight excluding hydrogens is 517 g/mol. The lowest BCUT2D eigenvalue weighted by atomic mass is 10.0. The smallest absolute Gasteiger partial charge is 0.333 e. The topological polar surface area (TPSA) is 26.3 Å². The lowest BCUT2D eigenvalue weighted by Crippen LogP contribution is -2.15. The van der Waals surface area contributed by atoms with Crippen molar-refractivity contribution in [1.82, 2.24) is 0 Å². The maximum Gasteiger partial charge on any atom is 0.333 e. The Labute approximate surface area is 248 Å². The van der Waals surface area contributed by atoms with Gasteiger partial charge in [0.25, 0.3) is 0 Å². The van der Waals surface area contributed by atoms with Crippen LogP contribution in [0.15, 0.2) is 59.0 Å². The monoisotopic (exact) mass is 566 g/mol. The molecule has 0 bridgehead atoms. The first kappa shape index (κ1) is 33.3. The van der Waals surface area contributed by atoms with E-state index in [1.165, 1.54) is 76.2 Å². The maximum absolute atomic E-state index is 12.5. The molecule has 0 aliphatic carbocycles. The van der Waals surface area contributed by atoms with Crippen molar-refractivity contribution in [3.8, 4) is 0 Å². The van der Waals surface area contributed by atoms with Crippen LogP contribution in [0.25, 0.3) is 6.08 Å². The van der Waals surface area contributed by atoms with Gasteiger partial charge in [0.2, 0.25) is 0 Å². The highest BCUT2D eigenvalue weighted by Gasteiger charge is 2.11. The minimum atomic E-state index is -0.233. The van der Waals surface area contributed by atoms with E-state index in [2.05, 4.69) is 50.2 Å². The highest BCUT2D eigenvalue weighted by Crippen LogP contribution is 2.25. The number of benzene rings is 2. The quantitative estimate of drug-likeness (QED) is 0.0555. The Kier molecular flexibility index (Phi) is 17.1. The number of thiocarbonyl (C=S) groups is 1. The molecule has 0 amide bonds. The molecule has 4 heteroatoms. The number of carbonyl (C=O) groups excluding carboxylic acids is 1. The normalized spacial score (nSPS) is 12.4. The fraction of sp³-hybridized carbons (Fsp3) is 0.543. The number of unbranched alkanes of at least 4 members (excludes halogenated alkanes) is 10. The van der Waals surface area contributed by atoms with Gasteiger partial charge in [-0.3, -0.25) is 0 Å². The first-order valence-electron chi connectivity index (χ1n) is 15.2. The van der Waals surface area contributed by atoms with Crippen LogP contribution in [-0.2, 0) is 16.0 Å². The standard InChI is InChI=1S/C35H50O2S2/c1-5-7-9-11-12-13-14-16-18-30-19-23-32(24-20-30)35(38)39-33-25-21-31(22-26-33)27-28(3)34(36)37-29(4)17-15-10-8-6-2/h19-27,29H,5-18H2,1-4H3. The van der Waals surface area contributed by atoms with E-state index in [0.29, 0.717) is 5.57 Å². The number of carbonyl (C=O) groups is 1. The van der Waals surface area contributed by atoms with Gasteiger partial charge in [-0.2, -0.15) is 0 Å². The Bertz CT molecular complexity index is 992. The summed E-state index contributed by atoms with van der Waals surface area (Å²) in [7, 11) is 0. The van der Waals surface area contributed by atoms with Crippen LogP contribution in [0.4, 0.5) is 0 Å². The van der Waals surface area contributed by atoms with Crippen molar-refractivity contribution in [3.05, 3.63) is 70.8 Å². The van der Waals surface area contributed by atoms with Gasteiger partial charge >= 0.3 is 5.97 Å². The lowest BCUT2D eigenvalue weighted by Gasteiger charge is -2.13. The van der Waals surface area contributed by atoms with Crippen molar-refractivity contribution in [2.24, 2.45) is 0 Å². The molecular formula is C35H50O2S2. The highest BCUT2D eigenvalue weighted by molar-refractivity contribution is 8.23. The number of ether oxygens (including phenoxy) is 1. The maximum atomic E-state index is 12.5. The van der Waals surface area contributed by atoms with Crippen LogP contribution in [0.1, 0.15) is 128 Å². The van der Waals surface area contributed by atoms with E-state index >= 15 is 0 Å². The van der Waals surface area contributed by atoms with Crippen molar-refractivity contribution < 1.29 is 9.53 Å². The fourth-order valence-electron chi connectivity index (χ4n) is 4.57. The zero-order chi connectivity index (χ0) is 28.3. The van der Waals surface area contributed by atoms with Gasteiger partial charge in [-0.1, -0.05) is 138 Å². The number of aryl methyl sites for hydroxylation is 1. The third-order valence-corrected chi connectivity index (χ3v) is 8.49. The van der Waals surface area contributed by atoms with E-state index in [1.54, 1.807) is 11.8 Å². The number of rotatable bonds is 19. The summed E-state index contributed by atoms with van der Waals surface area (Å²) in [6, 6.07) is 17.0. The van der Waals surface area contributed by atoms with Gasteiger partial charge in [-0.05, 0) is 74.4 Å². The van der Waals surface area contributed by atoms with Crippen LogP contribution in [-0.4, -0.2) is 16.3 Å². The minimum absolute atomic E-state index is 0.0448. The van der Waals surface area contributed by atoms with Gasteiger partial charge in [0.15, 0.2) is 0 Å². The molecule has 214 valence electrons. The second kappa shape index (κ2) is 20.0. The summed E-state index contributed by atoms with van der Waals surface area (Å²) >= 11 is 7.33. The van der Waals surface area contributed by atoms with Crippen molar-refractivity contribution in [2.75, 3.05) is 0 Å².